The summed E-state index contributed by atoms with van der Waals surface area (Å²) in [5, 5.41) is 9.41. The Morgan fingerprint density at radius 2 is 2.19 bits per heavy atom. The van der Waals surface area contributed by atoms with Crippen LogP contribution in [-0.4, -0.2) is 49.0 Å². The molecule has 0 unspecified atom stereocenters. The van der Waals surface area contributed by atoms with Crippen LogP contribution < -0.4 is 0 Å². The quantitative estimate of drug-likeness (QED) is 0.507. The second kappa shape index (κ2) is 7.10. The second-order valence-corrected chi connectivity index (χ2v) is 8.72. The number of carbonyl (C=O) groups excluding carboxylic acids is 1. The Balaban J connectivity index is 1.75. The first-order chi connectivity index (χ1) is 12.5. The number of hydrogen-bond acceptors (Lipinski definition) is 5. The van der Waals surface area contributed by atoms with E-state index >= 15 is 0 Å². The molecule has 1 aliphatic rings. The molecule has 2 aromatic heterocycles. The molecule has 1 saturated heterocycles. The van der Waals surface area contributed by atoms with E-state index in [9.17, 15) is 9.90 Å². The van der Waals surface area contributed by atoms with Gasteiger partial charge >= 0.3 is 0 Å². The highest BCUT2D eigenvalue weighted by molar-refractivity contribution is 14.2. The zero-order valence-corrected chi connectivity index (χ0v) is 18.2. The summed E-state index contributed by atoms with van der Waals surface area (Å²) in [6, 6.07) is 5.79. The highest BCUT2D eigenvalue weighted by atomic mass is 127. The van der Waals surface area contributed by atoms with Crippen molar-refractivity contribution in [3.05, 3.63) is 46.3 Å². The monoisotopic (exact) mass is 544 g/mol. The van der Waals surface area contributed by atoms with Gasteiger partial charge in [-0.3, -0.25) is 8.77 Å². The van der Waals surface area contributed by atoms with E-state index in [1.54, 1.807) is 11.1 Å². The van der Waals surface area contributed by atoms with Gasteiger partial charge in [0.1, 0.15) is 10.1 Å². The molecule has 0 saturated carbocycles. The summed E-state index contributed by atoms with van der Waals surface area (Å²) in [5.41, 5.74) is 5.14. The number of carbonyl (C=O) groups is 1. The average Bonchev–Trinajstić information content (AvgIpc) is 2.96. The van der Waals surface area contributed by atoms with Gasteiger partial charge in [-0.2, -0.15) is 0 Å². The van der Waals surface area contributed by atoms with Crippen LogP contribution >= 0.6 is 46.3 Å². The molecular weight excluding hydrogens is 531 g/mol. The topological polar surface area (TPSA) is 71.2 Å². The lowest BCUT2D eigenvalue weighted by Crippen LogP contribution is -2.53. The molecule has 26 heavy (non-hydrogen) atoms. The Kier molecular flexibility index (Phi) is 4.97. The third-order valence-corrected chi connectivity index (χ3v) is 6.51. The van der Waals surface area contributed by atoms with Crippen molar-refractivity contribution in [2.75, 3.05) is 13.1 Å². The lowest BCUT2D eigenvalue weighted by Gasteiger charge is -2.36. The number of amides is 1. The van der Waals surface area contributed by atoms with E-state index in [2.05, 4.69) is 47.1 Å². The first kappa shape index (κ1) is 18.2. The zero-order valence-electron chi connectivity index (χ0n) is 13.7. The highest BCUT2D eigenvalue weighted by Gasteiger charge is 2.30. The number of likely N-dealkylation sites (tertiary alicyclic amines) is 1. The van der Waals surface area contributed by atoms with Crippen molar-refractivity contribution in [1.82, 2.24) is 18.8 Å². The minimum absolute atomic E-state index is 0.0351. The molecule has 6 nitrogen and oxygen atoms in total. The Hall–Kier alpha value is -1.17. The first-order valence-corrected chi connectivity index (χ1v) is 12.0. The molecular formula is C17H14BrIN4O2S. The van der Waals surface area contributed by atoms with Gasteiger partial charge < -0.3 is 10.0 Å². The summed E-state index contributed by atoms with van der Waals surface area (Å²) >= 11 is 5.60. The standard InChI is InChI=1S/C17H14BrIN4O2S/c1-9-4-10(2-3-12(9)17(25)22-6-11(24)7-22)13-8-23(26-19)16-15(13)21-14(18)5-20-16/h2-5,8,11,24H,6-7H2,1H3. The van der Waals surface area contributed by atoms with Crippen LogP contribution in [0.5, 0.6) is 0 Å². The lowest BCUT2D eigenvalue weighted by molar-refractivity contribution is 0.00584. The van der Waals surface area contributed by atoms with Gasteiger partial charge in [0.25, 0.3) is 5.91 Å². The minimum atomic E-state index is -0.396. The van der Waals surface area contributed by atoms with Crippen molar-refractivity contribution in [2.24, 2.45) is 0 Å². The normalized spacial score (nSPS) is 14.7. The van der Waals surface area contributed by atoms with E-state index in [-0.39, 0.29) is 5.91 Å². The molecule has 1 aromatic carbocycles. The maximum Gasteiger partial charge on any atom is 0.254 e. The maximum atomic E-state index is 12.5. The van der Waals surface area contributed by atoms with E-state index in [1.165, 1.54) is 9.12 Å². The molecule has 1 fully saturated rings. The largest absolute Gasteiger partial charge is 0.389 e. The molecule has 3 heterocycles. The van der Waals surface area contributed by atoms with Crippen molar-refractivity contribution in [1.29, 1.82) is 0 Å². The molecule has 0 aliphatic carbocycles. The molecule has 0 radical (unpaired) electrons. The van der Waals surface area contributed by atoms with Crippen molar-refractivity contribution < 1.29 is 9.90 Å². The van der Waals surface area contributed by atoms with Crippen LogP contribution in [0.4, 0.5) is 0 Å². The number of aliphatic hydroxyl groups is 1. The number of benzene rings is 1. The van der Waals surface area contributed by atoms with Gasteiger partial charge in [-0.1, -0.05) is 12.1 Å². The van der Waals surface area contributed by atoms with Gasteiger partial charge in [-0.15, -0.1) is 0 Å². The van der Waals surface area contributed by atoms with Crippen LogP contribution in [0.1, 0.15) is 15.9 Å². The van der Waals surface area contributed by atoms with Crippen molar-refractivity contribution in [3.8, 4) is 11.1 Å². The summed E-state index contributed by atoms with van der Waals surface area (Å²) in [6.07, 6.45) is 3.30. The maximum absolute atomic E-state index is 12.5. The average molecular weight is 545 g/mol. The van der Waals surface area contributed by atoms with E-state index in [1.807, 2.05) is 35.3 Å². The van der Waals surface area contributed by atoms with Crippen molar-refractivity contribution in [3.63, 3.8) is 0 Å². The molecule has 3 aromatic rings. The fraction of sp³-hybridized carbons (Fsp3) is 0.235. The molecule has 0 bridgehead atoms. The van der Waals surface area contributed by atoms with Crippen LogP contribution in [0.2, 0.25) is 0 Å². The molecule has 0 atom stereocenters. The number of halogens is 2. The second-order valence-electron chi connectivity index (χ2n) is 6.20. The molecule has 0 spiro atoms. The summed E-state index contributed by atoms with van der Waals surface area (Å²) in [4.78, 5) is 23.2. The van der Waals surface area contributed by atoms with Gasteiger partial charge in [0, 0.05) is 60.7 Å². The third-order valence-electron chi connectivity index (χ3n) is 4.43. The predicted octanol–water partition coefficient (Wildman–Crippen LogP) is 3.83. The number of aromatic nitrogens is 3. The Morgan fingerprint density at radius 1 is 1.42 bits per heavy atom. The van der Waals surface area contributed by atoms with E-state index < -0.39 is 6.10 Å². The van der Waals surface area contributed by atoms with Crippen LogP contribution in [0.15, 0.2) is 35.2 Å². The van der Waals surface area contributed by atoms with E-state index in [4.69, 9.17) is 0 Å². The molecule has 4 rings (SSSR count). The smallest absolute Gasteiger partial charge is 0.254 e. The Bertz CT molecular complexity index is 1020. The van der Waals surface area contributed by atoms with Gasteiger partial charge in [0.2, 0.25) is 0 Å². The summed E-state index contributed by atoms with van der Waals surface area (Å²) in [5.74, 6) is -0.0351. The SMILES string of the molecule is Cc1cc(-c2cn(SI)c3ncc(Br)nc23)ccc1C(=O)N1CC(O)C1. The molecule has 1 aliphatic heterocycles. The van der Waals surface area contributed by atoms with Gasteiger partial charge in [-0.25, -0.2) is 9.97 Å². The lowest BCUT2D eigenvalue weighted by atomic mass is 9.99. The summed E-state index contributed by atoms with van der Waals surface area (Å²) in [6.45, 7) is 2.74. The number of rotatable bonds is 3. The van der Waals surface area contributed by atoms with E-state index in [0.717, 1.165) is 27.9 Å². The number of aryl methyl sites for hydroxylation is 1. The molecule has 1 amide bonds. The number of β-amino-alcohol motifs (C(OH)–C–C–N with tert-alkyl or cyclic N) is 1. The van der Waals surface area contributed by atoms with Crippen LogP contribution in [0.25, 0.3) is 22.3 Å². The zero-order chi connectivity index (χ0) is 18.4. The third kappa shape index (κ3) is 3.14. The summed E-state index contributed by atoms with van der Waals surface area (Å²) in [7, 11) is 1.53. The van der Waals surface area contributed by atoms with Crippen LogP contribution in [0, 0.1) is 6.92 Å². The van der Waals surface area contributed by atoms with Crippen molar-refractivity contribution in [2.45, 2.75) is 13.0 Å². The molecule has 1 N–H and O–H groups in total. The van der Waals surface area contributed by atoms with Crippen LogP contribution in [-0.2, 0) is 0 Å². The van der Waals surface area contributed by atoms with E-state index in [0.29, 0.717) is 23.3 Å². The van der Waals surface area contributed by atoms with Crippen molar-refractivity contribution >= 4 is 63.3 Å². The minimum Gasteiger partial charge on any atom is -0.389 e. The van der Waals surface area contributed by atoms with Crippen LogP contribution in [0.3, 0.4) is 0 Å². The summed E-state index contributed by atoms with van der Waals surface area (Å²) < 4.78 is 2.66. The Labute approximate surface area is 174 Å². The fourth-order valence-corrected chi connectivity index (χ4v) is 4.59. The van der Waals surface area contributed by atoms with Gasteiger partial charge in [0.05, 0.1) is 12.3 Å². The number of nitrogens with zero attached hydrogens (tertiary/aromatic N) is 4. The van der Waals surface area contributed by atoms with Gasteiger partial charge in [-0.05, 0) is 40.0 Å². The predicted molar refractivity (Wildman–Crippen MR) is 114 cm³/mol. The Morgan fingerprint density at radius 3 is 2.85 bits per heavy atom. The molecule has 134 valence electrons. The number of fused-ring (bicyclic) bond motifs is 1. The number of aliphatic hydroxyl groups excluding tert-OH is 1. The highest BCUT2D eigenvalue weighted by Crippen LogP contribution is 2.34. The number of hydrogen-bond donors (Lipinski definition) is 1. The first-order valence-electron chi connectivity index (χ1n) is 7.89. The van der Waals surface area contributed by atoms with Gasteiger partial charge in [0.15, 0.2) is 5.65 Å². The molecule has 9 heteroatoms. The fourth-order valence-electron chi connectivity index (χ4n) is 3.07.